The van der Waals surface area contributed by atoms with Gasteiger partial charge in [-0.3, -0.25) is 28.5 Å². The third-order valence-corrected chi connectivity index (χ3v) is 14.7. The summed E-state index contributed by atoms with van der Waals surface area (Å²) >= 11 is 0. The number of nitrogens with zero attached hydrogens (tertiary/aromatic N) is 8. The van der Waals surface area contributed by atoms with Crippen molar-refractivity contribution < 1.29 is 66.8 Å². The maximum absolute atomic E-state index is 15.1. The van der Waals surface area contributed by atoms with Crippen LogP contribution in [0.15, 0.2) is 73.3 Å². The average molecular weight is 1170 g/mol. The van der Waals surface area contributed by atoms with Gasteiger partial charge in [-0.05, 0) is 85.5 Å². The lowest BCUT2D eigenvalue weighted by molar-refractivity contribution is -0.176. The van der Waals surface area contributed by atoms with E-state index in [4.69, 9.17) is 28.4 Å². The van der Waals surface area contributed by atoms with Gasteiger partial charge in [0.2, 0.25) is 0 Å². The van der Waals surface area contributed by atoms with Crippen LogP contribution in [0.25, 0.3) is 0 Å². The Labute approximate surface area is 494 Å². The number of carbonyl (C=O) groups excluding carboxylic acids is 8. The number of ether oxygens (including phenoxy) is 6. The molecule has 84 heavy (non-hydrogen) atoms. The Balaban J connectivity index is 1.61. The van der Waals surface area contributed by atoms with Crippen molar-refractivity contribution in [2.24, 2.45) is 23.7 Å². The van der Waals surface area contributed by atoms with Crippen molar-refractivity contribution in [3.63, 3.8) is 0 Å². The summed E-state index contributed by atoms with van der Waals surface area (Å²) in [6, 6.07) is 9.30. The monoisotopic (exact) mass is 1170 g/mol. The number of cyclic esters (lactones) is 4. The number of rotatable bonds is 18. The smallest absolute Gasteiger partial charge is 0.329 e. The quantitative estimate of drug-likeness (QED) is 0.0799. The third-order valence-electron chi connectivity index (χ3n) is 14.7. The number of benzene rings is 2. The molecule has 2 aromatic heterocycles. The second kappa shape index (κ2) is 30.7. The standard InChI is InChI=1S/C62H88N8O14/c1-37(2)23-49-59(75)81-41(9)55(71)65(11)52(26-40(7)8)62(78)84-54(30-44-20-18-22-46(28-44)34-70-36-48(80-16)32-64-70)58(74)68(14)50(24-38(3)4)60(76)82-42(10)56(72)66(12)51(25-39(5)6)61(77)83-53(57(73)67(49)13)29-43-19-17-21-45(27-43)33-69-35-47(79-15)31-63-69/h17-22,27-28,31-32,35-42,49-54H,23-26,29-30,33-34H2,1-16H3/t41-,42-,49+,50+,51+,52+,53-,54-/m1/s1. The summed E-state index contributed by atoms with van der Waals surface area (Å²) < 4.78 is 38.3. The van der Waals surface area contributed by atoms with Gasteiger partial charge in [-0.15, -0.1) is 0 Å². The highest BCUT2D eigenvalue weighted by molar-refractivity contribution is 5.94. The Morgan fingerprint density at radius 1 is 0.440 bits per heavy atom. The number of amides is 4. The molecule has 0 radical (unpaired) electrons. The molecule has 22 heteroatoms. The Kier molecular flexibility index (Phi) is 24.5. The van der Waals surface area contributed by atoms with E-state index in [0.717, 1.165) is 30.7 Å². The van der Waals surface area contributed by atoms with Crippen LogP contribution in [0.2, 0.25) is 0 Å². The molecule has 1 aliphatic rings. The molecule has 4 aromatic rings. The average Bonchev–Trinajstić information content (AvgIpc) is 3.81. The van der Waals surface area contributed by atoms with Gasteiger partial charge in [0.25, 0.3) is 23.6 Å². The number of hydrogen-bond acceptors (Lipinski definition) is 16. The highest BCUT2D eigenvalue weighted by Gasteiger charge is 2.43. The first kappa shape index (κ1) is 67.0. The van der Waals surface area contributed by atoms with Gasteiger partial charge in [0.1, 0.15) is 24.2 Å². The molecule has 5 rings (SSSR count). The summed E-state index contributed by atoms with van der Waals surface area (Å²) in [6.45, 7) is 18.1. The fraction of sp³-hybridized carbons (Fsp3) is 0.581. The van der Waals surface area contributed by atoms with Crippen LogP contribution in [-0.2, 0) is 83.2 Å². The Morgan fingerprint density at radius 3 is 1.01 bits per heavy atom. The van der Waals surface area contributed by atoms with Crippen molar-refractivity contribution >= 4 is 47.5 Å². The second-order valence-electron chi connectivity index (χ2n) is 23.6. The molecule has 460 valence electrons. The Bertz CT molecular complexity index is 2690. The second-order valence-corrected chi connectivity index (χ2v) is 23.6. The molecule has 0 unspecified atom stereocenters. The Hall–Kier alpha value is -7.78. The van der Waals surface area contributed by atoms with Crippen LogP contribution in [0.3, 0.4) is 0 Å². The zero-order chi connectivity index (χ0) is 62.3. The molecule has 2 aromatic carbocycles. The van der Waals surface area contributed by atoms with Crippen LogP contribution in [0, 0.1) is 23.7 Å². The predicted molar refractivity (Wildman–Crippen MR) is 311 cm³/mol. The van der Waals surface area contributed by atoms with Crippen LogP contribution < -0.4 is 9.47 Å². The zero-order valence-corrected chi connectivity index (χ0v) is 51.8. The summed E-state index contributed by atoms with van der Waals surface area (Å²) in [7, 11) is 8.61. The number of methoxy groups -OCH3 is 2. The minimum atomic E-state index is -1.57. The molecular formula is C62H88N8O14. The SMILES string of the molecule is COc1cnn(Cc2cccc(C[C@H]3OC(=O)[C@H](CC(C)C)N(C)C(=O)[C@@H](C)OC(=O)[C@H](CC(C)C)N(C)C(=O)[C@@H](Cc4cccc(Cn5cc(OC)cn5)c4)OC(=O)[C@H](CC(C)C)N(C)C(=O)[C@@H](C)OC(=O)[C@H](CC(C)C)N(C)C3=O)c2)c1. The van der Waals surface area contributed by atoms with Crippen LogP contribution in [0.4, 0.5) is 0 Å². The Morgan fingerprint density at radius 2 is 0.726 bits per heavy atom. The number of esters is 4. The largest absolute Gasteiger partial charge is 0.493 e. The first-order valence-corrected chi connectivity index (χ1v) is 28.8. The van der Waals surface area contributed by atoms with Crippen molar-refractivity contribution in [3.05, 3.63) is 95.6 Å². The van der Waals surface area contributed by atoms with Crippen LogP contribution in [0.5, 0.6) is 11.5 Å². The molecule has 8 atom stereocenters. The van der Waals surface area contributed by atoms with Crippen molar-refractivity contribution in [2.75, 3.05) is 42.4 Å². The highest BCUT2D eigenvalue weighted by Crippen LogP contribution is 2.25. The van der Waals surface area contributed by atoms with E-state index in [2.05, 4.69) is 10.2 Å². The van der Waals surface area contributed by atoms with Crippen LogP contribution in [-0.4, -0.2) is 178 Å². The third kappa shape index (κ3) is 18.6. The van der Waals surface area contributed by atoms with E-state index >= 15 is 9.59 Å². The van der Waals surface area contributed by atoms with E-state index in [0.29, 0.717) is 35.7 Å². The molecule has 0 N–H and O–H groups in total. The normalized spacial score (nSPS) is 22.6. The minimum Gasteiger partial charge on any atom is -0.493 e. The van der Waals surface area contributed by atoms with E-state index < -0.39 is 96.1 Å². The lowest BCUT2D eigenvalue weighted by Gasteiger charge is -2.35. The lowest BCUT2D eigenvalue weighted by atomic mass is 9.99. The van der Waals surface area contributed by atoms with Crippen molar-refractivity contribution in [1.82, 2.24) is 39.2 Å². The highest BCUT2D eigenvalue weighted by atomic mass is 16.6. The van der Waals surface area contributed by atoms with Gasteiger partial charge in [-0.2, -0.15) is 10.2 Å². The fourth-order valence-corrected chi connectivity index (χ4v) is 10.1. The van der Waals surface area contributed by atoms with Gasteiger partial charge in [-0.1, -0.05) is 104 Å². The number of hydrogen-bond donors (Lipinski definition) is 0. The minimum absolute atomic E-state index is 0.0657. The first-order chi connectivity index (χ1) is 39.6. The van der Waals surface area contributed by atoms with Gasteiger partial charge < -0.3 is 48.0 Å². The van der Waals surface area contributed by atoms with E-state index in [1.165, 1.54) is 56.3 Å². The molecule has 1 aliphatic heterocycles. The van der Waals surface area contributed by atoms with Crippen LogP contribution >= 0.6 is 0 Å². The van der Waals surface area contributed by atoms with Crippen molar-refractivity contribution in [1.29, 1.82) is 0 Å². The number of aromatic nitrogens is 4. The topological polar surface area (TPSA) is 241 Å². The molecule has 0 spiro atoms. The fourth-order valence-electron chi connectivity index (χ4n) is 10.1. The molecule has 3 heterocycles. The molecule has 0 aliphatic carbocycles. The summed E-state index contributed by atoms with van der Waals surface area (Å²) in [5, 5.41) is 8.71. The molecular weight excluding hydrogens is 1080 g/mol. The maximum atomic E-state index is 15.1. The molecule has 1 fully saturated rings. The molecule has 0 saturated carbocycles. The van der Waals surface area contributed by atoms with Gasteiger partial charge in [0.15, 0.2) is 35.9 Å². The van der Waals surface area contributed by atoms with E-state index in [9.17, 15) is 28.8 Å². The predicted octanol–water partition coefficient (Wildman–Crippen LogP) is 6.17. The zero-order valence-electron chi connectivity index (χ0n) is 51.8. The number of carbonyl (C=O) groups is 8. The molecule has 0 bridgehead atoms. The van der Waals surface area contributed by atoms with Gasteiger partial charge in [0.05, 0.1) is 52.1 Å². The van der Waals surface area contributed by atoms with Gasteiger partial charge in [-0.25, -0.2) is 19.2 Å². The summed E-state index contributed by atoms with van der Waals surface area (Å²) in [4.78, 5) is 123. The van der Waals surface area contributed by atoms with Gasteiger partial charge in [0, 0.05) is 41.0 Å². The van der Waals surface area contributed by atoms with E-state index in [1.54, 1.807) is 58.4 Å². The number of likely N-dealkylation sites (N-methyl/N-ethyl adjacent to an activating group) is 4. The molecule has 22 nitrogen and oxygen atoms in total. The summed E-state index contributed by atoms with van der Waals surface area (Å²) in [5.74, 6) is -6.51. The van der Waals surface area contributed by atoms with Crippen molar-refractivity contribution in [2.45, 2.75) is 169 Å². The summed E-state index contributed by atoms with van der Waals surface area (Å²) in [5.41, 5.74) is 2.78. The van der Waals surface area contributed by atoms with Crippen molar-refractivity contribution in [3.8, 4) is 11.5 Å². The molecule has 4 amide bonds. The van der Waals surface area contributed by atoms with Crippen LogP contribution in [0.1, 0.15) is 117 Å². The van der Waals surface area contributed by atoms with Gasteiger partial charge >= 0.3 is 23.9 Å². The van der Waals surface area contributed by atoms with E-state index in [-0.39, 0.29) is 62.2 Å². The lowest BCUT2D eigenvalue weighted by Crippen LogP contribution is -2.55. The maximum Gasteiger partial charge on any atom is 0.329 e. The molecule has 1 saturated heterocycles. The van der Waals surface area contributed by atoms with E-state index in [1.807, 2.05) is 79.7 Å². The first-order valence-electron chi connectivity index (χ1n) is 28.8. The summed E-state index contributed by atoms with van der Waals surface area (Å²) in [6.07, 6.45) is 0.391.